The summed E-state index contributed by atoms with van der Waals surface area (Å²) in [4.78, 5) is 14.0. The molecule has 1 aromatic rings. The fraction of sp³-hybridized carbons (Fsp3) is 0.143. The summed E-state index contributed by atoms with van der Waals surface area (Å²) in [5.74, 6) is -1.15. The Bertz CT molecular complexity index is 300. The molecule has 0 unspecified atom stereocenters. The molecule has 4 heteroatoms. The predicted molar refractivity (Wildman–Crippen MR) is 39.2 cm³/mol. The monoisotopic (exact) mass is 173 g/mol. The van der Waals surface area contributed by atoms with Crippen LogP contribution in [-0.2, 0) is 0 Å². The number of aromatic nitrogens is 1. The highest BCUT2D eigenvalue weighted by Gasteiger charge is 2.07. The van der Waals surface area contributed by atoms with E-state index < -0.39 is 5.95 Å². The van der Waals surface area contributed by atoms with Gasteiger partial charge >= 0.3 is 0 Å². The summed E-state index contributed by atoms with van der Waals surface area (Å²) in [6.45, 7) is 1.26. The molecule has 0 aliphatic heterocycles. The minimum absolute atomic E-state index is 0.0718. The van der Waals surface area contributed by atoms with Crippen molar-refractivity contribution in [1.82, 2.24) is 4.98 Å². The molecule has 0 spiro atoms. The van der Waals surface area contributed by atoms with Crippen LogP contribution in [0.15, 0.2) is 12.3 Å². The van der Waals surface area contributed by atoms with Crippen LogP contribution in [0.4, 0.5) is 4.39 Å². The Balaban J connectivity index is 3.23. The zero-order valence-electron chi connectivity index (χ0n) is 5.77. The average Bonchev–Trinajstić information content (AvgIpc) is 1.94. The summed E-state index contributed by atoms with van der Waals surface area (Å²) < 4.78 is 12.6. The highest BCUT2D eigenvalue weighted by atomic mass is 35.5. The first kappa shape index (κ1) is 8.14. The van der Waals surface area contributed by atoms with E-state index in [1.165, 1.54) is 13.0 Å². The van der Waals surface area contributed by atoms with E-state index in [1.54, 1.807) is 0 Å². The standard InChI is InChI=1S/C7H5ClFNO/c1-4(11)6-2-5(8)3-10-7(6)9/h2-3H,1H3. The van der Waals surface area contributed by atoms with Crippen molar-refractivity contribution < 1.29 is 9.18 Å². The third-order valence-electron chi connectivity index (χ3n) is 1.18. The highest BCUT2D eigenvalue weighted by Crippen LogP contribution is 2.12. The average molecular weight is 174 g/mol. The first-order valence-electron chi connectivity index (χ1n) is 2.93. The second kappa shape index (κ2) is 2.96. The summed E-state index contributed by atoms with van der Waals surface area (Å²) in [6, 6.07) is 1.26. The van der Waals surface area contributed by atoms with Gasteiger partial charge in [0.1, 0.15) is 0 Å². The van der Waals surface area contributed by atoms with Crippen molar-refractivity contribution in [2.75, 3.05) is 0 Å². The Labute approximate surface area is 68.0 Å². The van der Waals surface area contributed by atoms with Crippen LogP contribution < -0.4 is 0 Å². The van der Waals surface area contributed by atoms with E-state index >= 15 is 0 Å². The number of pyridine rings is 1. The largest absolute Gasteiger partial charge is 0.294 e. The molecule has 0 bridgehead atoms. The van der Waals surface area contributed by atoms with Gasteiger partial charge in [-0.15, -0.1) is 0 Å². The minimum Gasteiger partial charge on any atom is -0.294 e. The molecular formula is C7H5ClFNO. The smallest absolute Gasteiger partial charge is 0.223 e. The Morgan fingerprint density at radius 1 is 1.73 bits per heavy atom. The van der Waals surface area contributed by atoms with Crippen LogP contribution in [0.5, 0.6) is 0 Å². The zero-order chi connectivity index (χ0) is 8.43. The van der Waals surface area contributed by atoms with Gasteiger partial charge in [-0.1, -0.05) is 11.6 Å². The maximum atomic E-state index is 12.6. The fourth-order valence-electron chi connectivity index (χ4n) is 0.669. The molecule has 0 aliphatic carbocycles. The van der Waals surface area contributed by atoms with Crippen LogP contribution in [0, 0.1) is 5.95 Å². The van der Waals surface area contributed by atoms with E-state index in [9.17, 15) is 9.18 Å². The molecule has 1 heterocycles. The van der Waals surface area contributed by atoms with Crippen LogP contribution in [0.2, 0.25) is 5.02 Å². The zero-order valence-corrected chi connectivity index (χ0v) is 6.52. The lowest BCUT2D eigenvalue weighted by molar-refractivity contribution is 0.101. The Kier molecular flexibility index (Phi) is 2.19. The topological polar surface area (TPSA) is 30.0 Å². The van der Waals surface area contributed by atoms with Gasteiger partial charge in [0.05, 0.1) is 10.6 Å². The summed E-state index contributed by atoms with van der Waals surface area (Å²) in [5, 5.41) is 0.261. The van der Waals surface area contributed by atoms with E-state index in [0.717, 1.165) is 6.20 Å². The van der Waals surface area contributed by atoms with Gasteiger partial charge in [-0.05, 0) is 13.0 Å². The Morgan fingerprint density at radius 2 is 2.36 bits per heavy atom. The van der Waals surface area contributed by atoms with Gasteiger partial charge in [-0.2, -0.15) is 4.39 Å². The van der Waals surface area contributed by atoms with Gasteiger partial charge in [-0.25, -0.2) is 4.98 Å². The summed E-state index contributed by atoms with van der Waals surface area (Å²) in [6.07, 6.45) is 1.16. The molecule has 0 aliphatic rings. The molecule has 0 fully saturated rings. The maximum Gasteiger partial charge on any atom is 0.223 e. The minimum atomic E-state index is -0.776. The summed E-state index contributed by atoms with van der Waals surface area (Å²) >= 11 is 5.48. The predicted octanol–water partition coefficient (Wildman–Crippen LogP) is 2.08. The first-order valence-corrected chi connectivity index (χ1v) is 3.31. The molecule has 0 saturated heterocycles. The van der Waals surface area contributed by atoms with Gasteiger partial charge < -0.3 is 0 Å². The SMILES string of the molecule is CC(=O)c1cc(Cl)cnc1F. The molecule has 1 rings (SSSR count). The van der Waals surface area contributed by atoms with Crippen molar-refractivity contribution in [3.63, 3.8) is 0 Å². The lowest BCUT2D eigenvalue weighted by Gasteiger charge is -1.96. The molecule has 58 valence electrons. The molecule has 0 radical (unpaired) electrons. The molecule has 0 aromatic carbocycles. The molecule has 1 aromatic heterocycles. The van der Waals surface area contributed by atoms with Gasteiger partial charge in [-0.3, -0.25) is 4.79 Å². The number of hydrogen-bond donors (Lipinski definition) is 0. The molecule has 0 atom stereocenters. The lowest BCUT2D eigenvalue weighted by atomic mass is 10.2. The molecule has 11 heavy (non-hydrogen) atoms. The number of ketones is 1. The normalized spacial score (nSPS) is 9.73. The number of rotatable bonds is 1. The molecular weight excluding hydrogens is 169 g/mol. The van der Waals surface area contributed by atoms with Crippen LogP contribution in [0.25, 0.3) is 0 Å². The van der Waals surface area contributed by atoms with E-state index in [1.807, 2.05) is 0 Å². The summed E-state index contributed by atoms with van der Waals surface area (Å²) in [7, 11) is 0. The number of carbonyl (C=O) groups excluding carboxylic acids is 1. The van der Waals surface area contributed by atoms with Crippen molar-refractivity contribution >= 4 is 17.4 Å². The van der Waals surface area contributed by atoms with Crippen molar-refractivity contribution in [2.45, 2.75) is 6.92 Å². The molecule has 0 N–H and O–H groups in total. The van der Waals surface area contributed by atoms with E-state index in [4.69, 9.17) is 11.6 Å². The Morgan fingerprint density at radius 3 is 2.82 bits per heavy atom. The number of carbonyl (C=O) groups is 1. The van der Waals surface area contributed by atoms with Crippen LogP contribution in [0.3, 0.4) is 0 Å². The molecule has 2 nitrogen and oxygen atoms in total. The number of Topliss-reactive ketones (excluding diaryl/α,β-unsaturated/α-hetero) is 1. The number of halogens is 2. The van der Waals surface area contributed by atoms with Crippen molar-refractivity contribution in [1.29, 1.82) is 0 Å². The van der Waals surface area contributed by atoms with E-state index in [-0.39, 0.29) is 16.4 Å². The third-order valence-corrected chi connectivity index (χ3v) is 1.39. The highest BCUT2D eigenvalue weighted by molar-refractivity contribution is 6.30. The first-order chi connectivity index (χ1) is 5.11. The second-order valence-electron chi connectivity index (χ2n) is 2.05. The number of nitrogens with zero attached hydrogens (tertiary/aromatic N) is 1. The van der Waals surface area contributed by atoms with E-state index in [0.29, 0.717) is 0 Å². The Hall–Kier alpha value is -0.960. The lowest BCUT2D eigenvalue weighted by Crippen LogP contribution is -1.98. The summed E-state index contributed by atoms with van der Waals surface area (Å²) in [5.41, 5.74) is -0.0718. The van der Waals surface area contributed by atoms with Gasteiger partial charge in [0.2, 0.25) is 5.95 Å². The van der Waals surface area contributed by atoms with Gasteiger partial charge in [0.25, 0.3) is 0 Å². The van der Waals surface area contributed by atoms with Crippen LogP contribution in [-0.4, -0.2) is 10.8 Å². The van der Waals surface area contributed by atoms with E-state index in [2.05, 4.69) is 4.98 Å². The van der Waals surface area contributed by atoms with Crippen molar-refractivity contribution in [2.24, 2.45) is 0 Å². The quantitative estimate of drug-likeness (QED) is 0.481. The fourth-order valence-corrected chi connectivity index (χ4v) is 0.827. The third kappa shape index (κ3) is 1.74. The maximum absolute atomic E-state index is 12.6. The number of hydrogen-bond acceptors (Lipinski definition) is 2. The van der Waals surface area contributed by atoms with Crippen molar-refractivity contribution in [3.05, 3.63) is 28.8 Å². The van der Waals surface area contributed by atoms with Gasteiger partial charge in [0, 0.05) is 6.20 Å². The molecule has 0 saturated carbocycles. The van der Waals surface area contributed by atoms with Crippen molar-refractivity contribution in [3.8, 4) is 0 Å². The van der Waals surface area contributed by atoms with Crippen LogP contribution in [0.1, 0.15) is 17.3 Å². The second-order valence-corrected chi connectivity index (χ2v) is 2.48. The van der Waals surface area contributed by atoms with Crippen LogP contribution >= 0.6 is 11.6 Å². The molecule has 0 amide bonds. The van der Waals surface area contributed by atoms with Gasteiger partial charge in [0.15, 0.2) is 5.78 Å².